The summed E-state index contributed by atoms with van der Waals surface area (Å²) in [6.45, 7) is 1.95. The van der Waals surface area contributed by atoms with Gasteiger partial charge in [-0.15, -0.1) is 0 Å². The summed E-state index contributed by atoms with van der Waals surface area (Å²) < 4.78 is 0. The van der Waals surface area contributed by atoms with Crippen LogP contribution in [0.25, 0.3) is 0 Å². The molecule has 0 bridgehead atoms. The van der Waals surface area contributed by atoms with Gasteiger partial charge in [0.25, 0.3) is 0 Å². The molecule has 0 aromatic carbocycles. The lowest BCUT2D eigenvalue weighted by molar-refractivity contribution is 0.232. The van der Waals surface area contributed by atoms with Crippen molar-refractivity contribution >= 4 is 6.03 Å². The molecule has 0 heterocycles. The zero-order valence-electron chi connectivity index (χ0n) is 14.2. The summed E-state index contributed by atoms with van der Waals surface area (Å²) in [5.41, 5.74) is 0. The number of rotatable bonds is 8. The Labute approximate surface area is 136 Å². The maximum absolute atomic E-state index is 11.8. The van der Waals surface area contributed by atoms with Crippen LogP contribution in [-0.4, -0.2) is 31.2 Å². The molecule has 0 atom stereocenters. The highest BCUT2D eigenvalue weighted by molar-refractivity contribution is 5.74. The van der Waals surface area contributed by atoms with Gasteiger partial charge in [0.15, 0.2) is 0 Å². The monoisotopic (exact) mass is 309 g/mol. The van der Waals surface area contributed by atoms with Crippen molar-refractivity contribution in [2.75, 3.05) is 13.1 Å². The molecule has 2 amide bonds. The first-order chi connectivity index (χ1) is 10.8. The molecular formula is C18H35N3O. The fraction of sp³-hybridized carbons (Fsp3) is 0.944. The summed E-state index contributed by atoms with van der Waals surface area (Å²) in [7, 11) is 0. The molecule has 0 radical (unpaired) electrons. The van der Waals surface area contributed by atoms with Gasteiger partial charge in [0.2, 0.25) is 0 Å². The highest BCUT2D eigenvalue weighted by Gasteiger charge is 2.15. The lowest BCUT2D eigenvalue weighted by atomic mass is 9.95. The van der Waals surface area contributed by atoms with Gasteiger partial charge in [-0.2, -0.15) is 0 Å². The zero-order chi connectivity index (χ0) is 15.5. The third-order valence-corrected chi connectivity index (χ3v) is 5.12. The first-order valence-corrected chi connectivity index (χ1v) is 9.62. The Morgan fingerprint density at radius 1 is 0.727 bits per heavy atom. The average Bonchev–Trinajstić information content (AvgIpc) is 2.56. The van der Waals surface area contributed by atoms with Crippen LogP contribution in [0.15, 0.2) is 0 Å². The smallest absolute Gasteiger partial charge is 0.315 e. The first kappa shape index (κ1) is 17.6. The lowest BCUT2D eigenvalue weighted by Gasteiger charge is -2.23. The summed E-state index contributed by atoms with van der Waals surface area (Å²) in [6, 6.07) is 1.22. The zero-order valence-corrected chi connectivity index (χ0v) is 14.2. The second-order valence-electron chi connectivity index (χ2n) is 7.08. The van der Waals surface area contributed by atoms with Gasteiger partial charge >= 0.3 is 6.03 Å². The lowest BCUT2D eigenvalue weighted by Crippen LogP contribution is -2.43. The molecule has 3 N–H and O–H groups in total. The minimum atomic E-state index is 0.0345. The van der Waals surface area contributed by atoms with E-state index in [9.17, 15) is 4.79 Å². The van der Waals surface area contributed by atoms with Crippen molar-refractivity contribution in [1.29, 1.82) is 0 Å². The van der Waals surface area contributed by atoms with Crippen LogP contribution in [0.5, 0.6) is 0 Å². The van der Waals surface area contributed by atoms with Gasteiger partial charge in [0, 0.05) is 18.6 Å². The number of carbonyl (C=O) groups is 1. The molecule has 2 aliphatic rings. The molecule has 2 saturated carbocycles. The van der Waals surface area contributed by atoms with Crippen molar-refractivity contribution in [3.05, 3.63) is 0 Å². The Morgan fingerprint density at radius 2 is 1.32 bits per heavy atom. The van der Waals surface area contributed by atoms with E-state index >= 15 is 0 Å². The van der Waals surface area contributed by atoms with Crippen LogP contribution in [0.1, 0.15) is 83.5 Å². The van der Waals surface area contributed by atoms with Crippen LogP contribution in [0.2, 0.25) is 0 Å². The average molecular weight is 309 g/mol. The highest BCUT2D eigenvalue weighted by Crippen LogP contribution is 2.18. The molecule has 0 aliphatic heterocycles. The van der Waals surface area contributed by atoms with E-state index in [0.29, 0.717) is 6.04 Å². The van der Waals surface area contributed by atoms with Crippen LogP contribution in [-0.2, 0) is 0 Å². The quantitative estimate of drug-likeness (QED) is 0.599. The largest absolute Gasteiger partial charge is 0.338 e. The van der Waals surface area contributed by atoms with Crippen LogP contribution in [0, 0.1) is 0 Å². The van der Waals surface area contributed by atoms with E-state index in [1.807, 2.05) is 0 Å². The number of hydrogen-bond donors (Lipinski definition) is 3. The minimum Gasteiger partial charge on any atom is -0.338 e. The summed E-state index contributed by atoms with van der Waals surface area (Å²) in [5.74, 6) is 0. The van der Waals surface area contributed by atoms with Crippen LogP contribution in [0.3, 0.4) is 0 Å². The van der Waals surface area contributed by atoms with Gasteiger partial charge in [0.1, 0.15) is 0 Å². The Kier molecular flexibility index (Phi) is 8.69. The highest BCUT2D eigenvalue weighted by atomic mass is 16.2. The Bertz CT molecular complexity index is 297. The van der Waals surface area contributed by atoms with E-state index in [2.05, 4.69) is 16.0 Å². The van der Waals surface area contributed by atoms with Crippen molar-refractivity contribution in [1.82, 2.24) is 16.0 Å². The number of unbranched alkanes of at least 4 members (excludes halogenated alkanes) is 2. The molecule has 2 fully saturated rings. The number of amides is 2. The van der Waals surface area contributed by atoms with Gasteiger partial charge in [0.05, 0.1) is 0 Å². The normalized spacial score (nSPS) is 20.7. The van der Waals surface area contributed by atoms with E-state index in [4.69, 9.17) is 0 Å². The van der Waals surface area contributed by atoms with Crippen LogP contribution in [0.4, 0.5) is 4.79 Å². The van der Waals surface area contributed by atoms with E-state index in [0.717, 1.165) is 38.4 Å². The van der Waals surface area contributed by atoms with Gasteiger partial charge in [-0.05, 0) is 45.1 Å². The molecule has 0 aromatic heterocycles. The molecule has 0 unspecified atom stereocenters. The van der Waals surface area contributed by atoms with Gasteiger partial charge in [-0.1, -0.05) is 44.9 Å². The van der Waals surface area contributed by atoms with Crippen LogP contribution >= 0.6 is 0 Å². The Hall–Kier alpha value is -0.770. The molecule has 4 heteroatoms. The van der Waals surface area contributed by atoms with Gasteiger partial charge < -0.3 is 16.0 Å². The number of hydrogen-bond acceptors (Lipinski definition) is 2. The molecular weight excluding hydrogens is 274 g/mol. The van der Waals surface area contributed by atoms with Crippen molar-refractivity contribution < 1.29 is 4.79 Å². The number of urea groups is 1. The molecule has 4 nitrogen and oxygen atoms in total. The van der Waals surface area contributed by atoms with Gasteiger partial charge in [-0.25, -0.2) is 4.79 Å². The van der Waals surface area contributed by atoms with E-state index in [-0.39, 0.29) is 6.03 Å². The molecule has 0 spiro atoms. The second kappa shape index (κ2) is 10.9. The molecule has 2 rings (SSSR count). The van der Waals surface area contributed by atoms with E-state index < -0.39 is 0 Å². The summed E-state index contributed by atoms with van der Waals surface area (Å²) in [6.07, 6.45) is 16.6. The first-order valence-electron chi connectivity index (χ1n) is 9.62. The Balaban J connectivity index is 1.38. The summed E-state index contributed by atoms with van der Waals surface area (Å²) in [4.78, 5) is 11.8. The fourth-order valence-electron chi connectivity index (χ4n) is 3.72. The van der Waals surface area contributed by atoms with E-state index in [1.165, 1.54) is 64.2 Å². The second-order valence-corrected chi connectivity index (χ2v) is 7.08. The molecule has 128 valence electrons. The number of nitrogens with one attached hydrogen (secondary N) is 3. The predicted octanol–water partition coefficient (Wildman–Crippen LogP) is 3.71. The number of carbonyl (C=O) groups excluding carboxylic acids is 1. The topological polar surface area (TPSA) is 53.2 Å². The predicted molar refractivity (Wildman–Crippen MR) is 92.1 cm³/mol. The molecule has 0 saturated heterocycles. The SMILES string of the molecule is O=C(NCCCCCNC1CCCCC1)NC1CCCCC1. The molecule has 0 aromatic rings. The summed E-state index contributed by atoms with van der Waals surface area (Å²) >= 11 is 0. The standard InChI is InChI=1S/C18H35N3O/c22-18(21-17-12-6-2-7-13-17)20-15-9-3-8-14-19-16-10-4-1-5-11-16/h16-17,19H,1-15H2,(H2,20,21,22). The molecule has 2 aliphatic carbocycles. The van der Waals surface area contributed by atoms with Crippen molar-refractivity contribution in [2.24, 2.45) is 0 Å². The Morgan fingerprint density at radius 3 is 2.00 bits per heavy atom. The van der Waals surface area contributed by atoms with E-state index in [1.54, 1.807) is 0 Å². The third kappa shape index (κ3) is 7.48. The maximum Gasteiger partial charge on any atom is 0.315 e. The van der Waals surface area contributed by atoms with Crippen LogP contribution < -0.4 is 16.0 Å². The third-order valence-electron chi connectivity index (χ3n) is 5.12. The molecule has 22 heavy (non-hydrogen) atoms. The fourth-order valence-corrected chi connectivity index (χ4v) is 3.72. The van der Waals surface area contributed by atoms with Crippen molar-refractivity contribution in [2.45, 2.75) is 95.6 Å². The van der Waals surface area contributed by atoms with Crippen molar-refractivity contribution in [3.63, 3.8) is 0 Å². The van der Waals surface area contributed by atoms with Gasteiger partial charge in [-0.3, -0.25) is 0 Å². The summed E-state index contributed by atoms with van der Waals surface area (Å²) in [5, 5.41) is 9.78. The minimum absolute atomic E-state index is 0.0345. The maximum atomic E-state index is 11.8. The van der Waals surface area contributed by atoms with Crippen molar-refractivity contribution in [3.8, 4) is 0 Å².